The van der Waals surface area contributed by atoms with Crippen LogP contribution >= 0.6 is 22.6 Å². The summed E-state index contributed by atoms with van der Waals surface area (Å²) < 4.78 is 2.57. The summed E-state index contributed by atoms with van der Waals surface area (Å²) in [5.74, 6) is 0. The molecule has 0 aliphatic heterocycles. The number of carbonyl (C=O) groups is 1. The number of aldehydes is 1. The summed E-state index contributed by atoms with van der Waals surface area (Å²) in [5, 5.41) is 7.81. The second kappa shape index (κ2) is 4.91. The molecule has 0 radical (unpaired) electrons. The Labute approximate surface area is 112 Å². The van der Waals surface area contributed by atoms with E-state index in [0.29, 0.717) is 17.1 Å². The summed E-state index contributed by atoms with van der Waals surface area (Å²) in [5.41, 5.74) is 2.68. The van der Waals surface area contributed by atoms with E-state index in [1.54, 1.807) is 7.05 Å². The Balaban J connectivity index is 2.56. The first-order valence-corrected chi connectivity index (χ1v) is 6.26. The number of nitrogens with zero attached hydrogens (tertiary/aromatic N) is 4. The Morgan fingerprint density at radius 1 is 1.47 bits per heavy atom. The molecule has 2 aromatic heterocycles. The highest BCUT2D eigenvalue weighted by Crippen LogP contribution is 2.20. The van der Waals surface area contributed by atoms with Crippen molar-refractivity contribution in [3.8, 4) is 11.4 Å². The zero-order chi connectivity index (χ0) is 12.4. The third-order valence-electron chi connectivity index (χ3n) is 2.48. The molecule has 0 fully saturated rings. The minimum atomic E-state index is 0.445. The van der Waals surface area contributed by atoms with E-state index in [1.807, 2.05) is 19.1 Å². The van der Waals surface area contributed by atoms with Gasteiger partial charge in [-0.1, -0.05) is 12.1 Å². The lowest BCUT2D eigenvalue weighted by Crippen LogP contribution is -1.99. The number of aryl methyl sites for hydroxylation is 2. The van der Waals surface area contributed by atoms with Crippen LogP contribution in [-0.4, -0.2) is 26.3 Å². The summed E-state index contributed by atoms with van der Waals surface area (Å²) in [4.78, 5) is 15.5. The molecule has 0 unspecified atom stereocenters. The van der Waals surface area contributed by atoms with Crippen LogP contribution in [0.15, 0.2) is 12.1 Å². The summed E-state index contributed by atoms with van der Waals surface area (Å²) in [6.45, 7) is 2.05. The lowest BCUT2D eigenvalue weighted by atomic mass is 10.2. The summed E-state index contributed by atoms with van der Waals surface area (Å²) in [6.07, 6.45) is 1.60. The van der Waals surface area contributed by atoms with E-state index < -0.39 is 0 Å². The van der Waals surface area contributed by atoms with Gasteiger partial charge in [-0.3, -0.25) is 4.79 Å². The van der Waals surface area contributed by atoms with Gasteiger partial charge in [0.1, 0.15) is 11.4 Å². The molecule has 0 spiro atoms. The predicted molar refractivity (Wildman–Crippen MR) is 71.7 cm³/mol. The van der Waals surface area contributed by atoms with Gasteiger partial charge in [0, 0.05) is 10.6 Å². The van der Waals surface area contributed by atoms with Crippen LogP contribution < -0.4 is 0 Å². The predicted octanol–water partition coefficient (Wildman–Crippen LogP) is 1.86. The highest BCUT2D eigenvalue weighted by atomic mass is 127. The van der Waals surface area contributed by atoms with E-state index in [0.717, 1.165) is 22.0 Å². The van der Waals surface area contributed by atoms with Crippen LogP contribution in [0.3, 0.4) is 0 Å². The van der Waals surface area contributed by atoms with E-state index in [4.69, 9.17) is 0 Å². The quantitative estimate of drug-likeness (QED) is 0.631. The second-order valence-electron chi connectivity index (χ2n) is 3.54. The van der Waals surface area contributed by atoms with Crippen molar-refractivity contribution in [2.45, 2.75) is 13.3 Å². The normalized spacial score (nSPS) is 10.5. The molecule has 2 heterocycles. The second-order valence-corrected chi connectivity index (χ2v) is 4.71. The number of carbonyl (C=O) groups excluding carboxylic acids is 1. The zero-order valence-electron chi connectivity index (χ0n) is 9.51. The first kappa shape index (κ1) is 12.2. The molecular weight excluding hydrogens is 331 g/mol. The molecule has 2 rings (SSSR count). The molecule has 0 bridgehead atoms. The topological polar surface area (TPSA) is 60.7 Å². The Bertz CT molecular complexity index is 565. The molecule has 17 heavy (non-hydrogen) atoms. The third kappa shape index (κ3) is 2.21. The highest BCUT2D eigenvalue weighted by Gasteiger charge is 2.14. The Kier molecular flexibility index (Phi) is 3.51. The smallest absolute Gasteiger partial charge is 0.170 e. The third-order valence-corrected chi connectivity index (χ3v) is 3.46. The van der Waals surface area contributed by atoms with Crippen LogP contribution in [-0.2, 0) is 13.5 Å². The number of hydrogen-bond acceptors (Lipinski definition) is 4. The Morgan fingerprint density at radius 3 is 2.88 bits per heavy atom. The van der Waals surface area contributed by atoms with E-state index >= 15 is 0 Å². The molecule has 0 atom stereocenters. The molecule has 0 aromatic carbocycles. The van der Waals surface area contributed by atoms with Gasteiger partial charge in [0.05, 0.1) is 11.4 Å². The van der Waals surface area contributed by atoms with Crippen LogP contribution in [0.5, 0.6) is 0 Å². The van der Waals surface area contributed by atoms with Gasteiger partial charge in [0.2, 0.25) is 0 Å². The number of hydrogen-bond donors (Lipinski definition) is 0. The van der Waals surface area contributed by atoms with Crippen molar-refractivity contribution in [1.29, 1.82) is 0 Å². The van der Waals surface area contributed by atoms with Crippen molar-refractivity contribution >= 4 is 28.9 Å². The van der Waals surface area contributed by atoms with Gasteiger partial charge < -0.3 is 0 Å². The van der Waals surface area contributed by atoms with Crippen LogP contribution in [0, 0.1) is 3.57 Å². The van der Waals surface area contributed by atoms with Crippen molar-refractivity contribution in [2.75, 3.05) is 0 Å². The number of pyridine rings is 1. The molecule has 0 amide bonds. The van der Waals surface area contributed by atoms with Crippen molar-refractivity contribution in [1.82, 2.24) is 20.0 Å². The fourth-order valence-corrected chi connectivity index (χ4v) is 2.22. The fourth-order valence-electron chi connectivity index (χ4n) is 1.54. The molecule has 0 saturated heterocycles. The van der Waals surface area contributed by atoms with Crippen LogP contribution in [0.4, 0.5) is 0 Å². The van der Waals surface area contributed by atoms with Crippen LogP contribution in [0.1, 0.15) is 23.1 Å². The maximum atomic E-state index is 11.0. The standard InChI is InChI=1S/C11H11IN4O/c1-3-8-7(12)4-5-9(13-8)11-10(6-17)16(2)15-14-11/h4-6H,3H2,1-2H3. The number of rotatable bonds is 3. The molecule has 88 valence electrons. The van der Waals surface area contributed by atoms with Gasteiger partial charge in [-0.2, -0.15) is 0 Å². The van der Waals surface area contributed by atoms with E-state index in [9.17, 15) is 4.79 Å². The first-order valence-electron chi connectivity index (χ1n) is 5.18. The van der Waals surface area contributed by atoms with Gasteiger partial charge in [-0.25, -0.2) is 9.67 Å². The van der Waals surface area contributed by atoms with Crippen molar-refractivity contribution in [3.63, 3.8) is 0 Å². The molecule has 0 N–H and O–H groups in total. The summed E-state index contributed by atoms with van der Waals surface area (Å²) in [7, 11) is 1.69. The van der Waals surface area contributed by atoms with E-state index in [2.05, 4.69) is 37.9 Å². The fraction of sp³-hybridized carbons (Fsp3) is 0.273. The maximum absolute atomic E-state index is 11.0. The molecular formula is C11H11IN4O. The van der Waals surface area contributed by atoms with Crippen molar-refractivity contribution < 1.29 is 4.79 Å². The Hall–Kier alpha value is -1.31. The number of aromatic nitrogens is 4. The average molecular weight is 342 g/mol. The van der Waals surface area contributed by atoms with Gasteiger partial charge in [0.25, 0.3) is 0 Å². The molecule has 0 aliphatic rings. The van der Waals surface area contributed by atoms with Gasteiger partial charge in [-0.15, -0.1) is 5.10 Å². The van der Waals surface area contributed by atoms with E-state index in [1.165, 1.54) is 4.68 Å². The Morgan fingerprint density at radius 2 is 2.24 bits per heavy atom. The largest absolute Gasteiger partial charge is 0.296 e. The highest BCUT2D eigenvalue weighted by molar-refractivity contribution is 14.1. The molecule has 2 aromatic rings. The van der Waals surface area contributed by atoms with E-state index in [-0.39, 0.29) is 0 Å². The summed E-state index contributed by atoms with van der Waals surface area (Å²) >= 11 is 2.25. The zero-order valence-corrected chi connectivity index (χ0v) is 11.7. The minimum absolute atomic E-state index is 0.445. The minimum Gasteiger partial charge on any atom is -0.296 e. The lowest BCUT2D eigenvalue weighted by Gasteiger charge is -2.03. The van der Waals surface area contributed by atoms with Crippen LogP contribution in [0.2, 0.25) is 0 Å². The lowest BCUT2D eigenvalue weighted by molar-refractivity contribution is 0.111. The maximum Gasteiger partial charge on any atom is 0.170 e. The average Bonchev–Trinajstić information content (AvgIpc) is 2.71. The van der Waals surface area contributed by atoms with Crippen molar-refractivity contribution in [3.05, 3.63) is 27.1 Å². The van der Waals surface area contributed by atoms with Gasteiger partial charge in [0.15, 0.2) is 6.29 Å². The molecule has 5 nitrogen and oxygen atoms in total. The summed E-state index contributed by atoms with van der Waals surface area (Å²) in [6, 6.07) is 3.84. The first-order chi connectivity index (χ1) is 8.17. The molecule has 0 aliphatic carbocycles. The van der Waals surface area contributed by atoms with Gasteiger partial charge in [-0.05, 0) is 41.1 Å². The number of halogens is 1. The monoisotopic (exact) mass is 342 g/mol. The molecule has 0 saturated carbocycles. The van der Waals surface area contributed by atoms with Gasteiger partial charge >= 0.3 is 0 Å². The SMILES string of the molecule is CCc1nc(-c2nnn(C)c2C=O)ccc1I. The molecule has 6 heteroatoms. The van der Waals surface area contributed by atoms with Crippen LogP contribution in [0.25, 0.3) is 11.4 Å². The van der Waals surface area contributed by atoms with Crippen molar-refractivity contribution in [2.24, 2.45) is 7.05 Å².